The molecule has 0 saturated carbocycles. The van der Waals surface area contributed by atoms with E-state index in [1.54, 1.807) is 25.3 Å². The van der Waals surface area contributed by atoms with Crippen LogP contribution in [-0.2, 0) is 6.18 Å². The highest BCUT2D eigenvalue weighted by molar-refractivity contribution is 6.02. The number of hydrogen-bond acceptors (Lipinski definition) is 4. The van der Waals surface area contributed by atoms with Crippen LogP contribution in [0.2, 0.25) is 0 Å². The van der Waals surface area contributed by atoms with Crippen molar-refractivity contribution >= 4 is 11.6 Å². The zero-order valence-corrected chi connectivity index (χ0v) is 13.0. The van der Waals surface area contributed by atoms with E-state index >= 15 is 0 Å². The predicted octanol–water partition coefficient (Wildman–Crippen LogP) is 4.32. The second-order valence-corrected chi connectivity index (χ2v) is 5.25. The van der Waals surface area contributed by atoms with Gasteiger partial charge in [-0.2, -0.15) is 13.2 Å². The number of benzene rings is 1. The molecule has 0 radical (unpaired) electrons. The van der Waals surface area contributed by atoms with E-state index in [9.17, 15) is 18.0 Å². The third-order valence-electron chi connectivity index (χ3n) is 3.35. The summed E-state index contributed by atoms with van der Waals surface area (Å²) < 4.78 is 42.9. The summed E-state index contributed by atoms with van der Waals surface area (Å²) >= 11 is 0. The molecule has 1 aromatic carbocycles. The summed E-state index contributed by atoms with van der Waals surface area (Å²) in [5.74, 6) is -0.433. The molecule has 8 heteroatoms. The van der Waals surface area contributed by atoms with Gasteiger partial charge in [-0.25, -0.2) is 4.98 Å². The lowest BCUT2D eigenvalue weighted by Gasteiger charge is -2.06. The van der Waals surface area contributed by atoms with Crippen molar-refractivity contribution in [2.75, 3.05) is 5.32 Å². The fourth-order valence-corrected chi connectivity index (χ4v) is 2.13. The molecule has 3 rings (SSSR count). The summed E-state index contributed by atoms with van der Waals surface area (Å²) in [5, 5.41) is 2.64. The summed E-state index contributed by atoms with van der Waals surface area (Å²) in [5.41, 5.74) is 0.880. The zero-order chi connectivity index (χ0) is 18.0. The van der Waals surface area contributed by atoms with Gasteiger partial charge < -0.3 is 9.73 Å². The molecule has 2 heterocycles. The van der Waals surface area contributed by atoms with Crippen LogP contribution in [0.3, 0.4) is 0 Å². The maximum absolute atomic E-state index is 12.6. The molecule has 3 aromatic rings. The van der Waals surface area contributed by atoms with Crippen molar-refractivity contribution in [3.8, 4) is 11.5 Å². The van der Waals surface area contributed by atoms with E-state index in [0.717, 1.165) is 24.1 Å². The molecule has 0 aliphatic heterocycles. The van der Waals surface area contributed by atoms with E-state index in [1.807, 2.05) is 0 Å². The molecule has 0 unspecified atom stereocenters. The number of nitrogens with zero attached hydrogens (tertiary/aromatic N) is 2. The van der Waals surface area contributed by atoms with Crippen LogP contribution < -0.4 is 5.32 Å². The number of alkyl halides is 3. The Bertz CT molecular complexity index is 902. The molecule has 0 fully saturated rings. The highest BCUT2D eigenvalue weighted by atomic mass is 19.4. The molecular formula is C17H12F3N3O2. The van der Waals surface area contributed by atoms with E-state index in [-0.39, 0.29) is 11.6 Å². The summed E-state index contributed by atoms with van der Waals surface area (Å²) in [6.45, 7) is 1.79. The van der Waals surface area contributed by atoms with Crippen LogP contribution in [0.25, 0.3) is 11.5 Å². The van der Waals surface area contributed by atoms with Gasteiger partial charge in [0.05, 0.1) is 5.56 Å². The third kappa shape index (κ3) is 3.85. The molecule has 2 aromatic heterocycles. The highest BCUT2D eigenvalue weighted by Gasteiger charge is 2.30. The number of aromatic nitrogens is 2. The highest BCUT2D eigenvalue weighted by Crippen LogP contribution is 2.30. The lowest BCUT2D eigenvalue weighted by molar-refractivity contribution is -0.137. The summed E-state index contributed by atoms with van der Waals surface area (Å²) in [6, 6.07) is 7.65. The number of oxazole rings is 1. The van der Waals surface area contributed by atoms with Crippen LogP contribution >= 0.6 is 0 Å². The van der Waals surface area contributed by atoms with Crippen molar-refractivity contribution < 1.29 is 22.4 Å². The quantitative estimate of drug-likeness (QED) is 0.766. The number of pyridine rings is 1. The Labute approximate surface area is 140 Å². The van der Waals surface area contributed by atoms with Gasteiger partial charge in [-0.1, -0.05) is 0 Å². The molecule has 5 nitrogen and oxygen atoms in total. The van der Waals surface area contributed by atoms with E-state index in [0.29, 0.717) is 11.3 Å². The first-order chi connectivity index (χ1) is 11.8. The molecule has 0 aliphatic carbocycles. The number of nitrogens with one attached hydrogen (secondary N) is 1. The van der Waals surface area contributed by atoms with Crippen molar-refractivity contribution in [2.24, 2.45) is 0 Å². The molecule has 128 valence electrons. The molecule has 0 atom stereocenters. The van der Waals surface area contributed by atoms with Gasteiger partial charge >= 0.3 is 6.18 Å². The molecule has 1 N–H and O–H groups in total. The van der Waals surface area contributed by atoms with E-state index in [2.05, 4.69) is 15.3 Å². The van der Waals surface area contributed by atoms with Crippen molar-refractivity contribution in [1.29, 1.82) is 0 Å². The number of amides is 1. The maximum atomic E-state index is 12.6. The van der Waals surface area contributed by atoms with Gasteiger partial charge in [-0.3, -0.25) is 9.78 Å². The Morgan fingerprint density at radius 3 is 2.52 bits per heavy atom. The largest absolute Gasteiger partial charge is 0.444 e. The Kier molecular flexibility index (Phi) is 4.26. The van der Waals surface area contributed by atoms with Crippen LogP contribution in [0.5, 0.6) is 0 Å². The van der Waals surface area contributed by atoms with Crippen LogP contribution in [0, 0.1) is 6.92 Å². The van der Waals surface area contributed by atoms with E-state index < -0.39 is 17.6 Å². The van der Waals surface area contributed by atoms with E-state index in [4.69, 9.17) is 4.42 Å². The van der Waals surface area contributed by atoms with Crippen LogP contribution in [0.4, 0.5) is 18.9 Å². The predicted molar refractivity (Wildman–Crippen MR) is 83.9 cm³/mol. The zero-order valence-electron chi connectivity index (χ0n) is 13.0. The van der Waals surface area contributed by atoms with Gasteiger partial charge in [-0.15, -0.1) is 0 Å². The maximum Gasteiger partial charge on any atom is 0.416 e. The number of rotatable bonds is 3. The van der Waals surface area contributed by atoms with Gasteiger partial charge in [-0.05, 0) is 43.3 Å². The minimum atomic E-state index is -4.41. The molecule has 25 heavy (non-hydrogen) atoms. The molecule has 0 saturated heterocycles. The first-order valence-electron chi connectivity index (χ1n) is 7.20. The third-order valence-corrected chi connectivity index (χ3v) is 3.35. The average Bonchev–Trinajstić information content (AvgIpc) is 3.04. The SMILES string of the molecule is Cc1cc(NC(=O)c2coc(-c3ccc(C(F)(F)F)cc3)n2)ccn1. The summed E-state index contributed by atoms with van der Waals surface area (Å²) in [6.07, 6.45) is -1.71. The summed E-state index contributed by atoms with van der Waals surface area (Å²) in [4.78, 5) is 20.2. The fourth-order valence-electron chi connectivity index (χ4n) is 2.13. The van der Waals surface area contributed by atoms with Crippen LogP contribution in [0.15, 0.2) is 53.3 Å². The topological polar surface area (TPSA) is 68.0 Å². The molecule has 0 spiro atoms. The van der Waals surface area contributed by atoms with Crippen molar-refractivity contribution in [3.05, 3.63) is 65.8 Å². The molecule has 0 bridgehead atoms. The fraction of sp³-hybridized carbons (Fsp3) is 0.118. The lowest BCUT2D eigenvalue weighted by atomic mass is 10.1. The minimum absolute atomic E-state index is 0.0179. The monoisotopic (exact) mass is 347 g/mol. The van der Waals surface area contributed by atoms with E-state index in [1.165, 1.54) is 12.1 Å². The summed E-state index contributed by atoms with van der Waals surface area (Å²) in [7, 11) is 0. The minimum Gasteiger partial charge on any atom is -0.444 e. The van der Waals surface area contributed by atoms with Gasteiger partial charge in [0.2, 0.25) is 5.89 Å². The van der Waals surface area contributed by atoms with Gasteiger partial charge in [0, 0.05) is 23.1 Å². The molecular weight excluding hydrogens is 335 g/mol. The number of carbonyl (C=O) groups excluding carboxylic acids is 1. The Hall–Kier alpha value is -3.16. The number of hydrogen-bond donors (Lipinski definition) is 1. The molecule has 0 aliphatic rings. The first-order valence-corrected chi connectivity index (χ1v) is 7.20. The number of aryl methyl sites for hydroxylation is 1. The number of anilines is 1. The smallest absolute Gasteiger partial charge is 0.416 e. The lowest BCUT2D eigenvalue weighted by Crippen LogP contribution is -2.12. The van der Waals surface area contributed by atoms with Crippen molar-refractivity contribution in [2.45, 2.75) is 13.1 Å². The van der Waals surface area contributed by atoms with Crippen molar-refractivity contribution in [1.82, 2.24) is 9.97 Å². The number of halogens is 3. The van der Waals surface area contributed by atoms with Crippen LogP contribution in [-0.4, -0.2) is 15.9 Å². The second kappa shape index (κ2) is 6.39. The molecule has 1 amide bonds. The van der Waals surface area contributed by atoms with Crippen molar-refractivity contribution in [3.63, 3.8) is 0 Å². The number of carbonyl (C=O) groups is 1. The van der Waals surface area contributed by atoms with Gasteiger partial charge in [0.25, 0.3) is 5.91 Å². The Morgan fingerprint density at radius 2 is 1.88 bits per heavy atom. The first kappa shape index (κ1) is 16.7. The standard InChI is InChI=1S/C17H12F3N3O2/c1-10-8-13(6-7-21-10)22-15(24)14-9-25-16(23-14)11-2-4-12(5-3-11)17(18,19)20/h2-9H,1H3,(H,21,22,24). The van der Waals surface area contributed by atoms with Crippen LogP contribution in [0.1, 0.15) is 21.7 Å². The Balaban J connectivity index is 1.76. The second-order valence-electron chi connectivity index (χ2n) is 5.25. The normalized spacial score (nSPS) is 11.4. The Morgan fingerprint density at radius 1 is 1.16 bits per heavy atom. The van der Waals surface area contributed by atoms with Gasteiger partial charge in [0.1, 0.15) is 6.26 Å². The average molecular weight is 347 g/mol. The van der Waals surface area contributed by atoms with Gasteiger partial charge in [0.15, 0.2) is 5.69 Å².